The third kappa shape index (κ3) is 4.89. The molecule has 1 fully saturated rings. The topological polar surface area (TPSA) is 157 Å². The molecule has 2 aliphatic heterocycles. The molecule has 2 aliphatic rings. The number of thiazole rings is 1. The Morgan fingerprint density at radius 3 is 2.79 bits per heavy atom. The standard InChI is InChI=1S/C21H17FN8O4S4/c1-29-4-2-9(3-5-29)11-7-36-17(24-11)10-6-37-19-13(18(32)30(19)14(10)20(33)35)25-16(31)12(27-34-8-22)15-26-21(23)38-28-15/h2-5,7,13,19H,6,8H2,1H3,(H3-,23,25,26,28,31,33,35)/p+1/b27-12-/t13-,19-/m1/s1. The molecule has 1 saturated heterocycles. The van der Waals surface area contributed by atoms with Crippen LogP contribution in [0.1, 0.15) is 10.8 Å². The predicted octanol–water partition coefficient (Wildman–Crippen LogP) is 0.984. The molecule has 3 N–H and O–H groups in total. The number of aryl methyl sites for hydroxylation is 1. The first kappa shape index (κ1) is 26.2. The van der Waals surface area contributed by atoms with Crippen molar-refractivity contribution in [3.63, 3.8) is 0 Å². The number of nitrogens with one attached hydrogen (secondary N) is 1. The lowest BCUT2D eigenvalue weighted by Gasteiger charge is -2.49. The molecule has 5 heterocycles. The molecule has 0 aromatic carbocycles. The average Bonchev–Trinajstić information content (AvgIpc) is 3.56. The largest absolute Gasteiger partial charge is 0.374 e. The number of thiol groups is 1. The quantitative estimate of drug-likeness (QED) is 0.114. The highest BCUT2D eigenvalue weighted by atomic mass is 32.2. The minimum absolute atomic E-state index is 0.0655. The highest BCUT2D eigenvalue weighted by Crippen LogP contribution is 2.44. The van der Waals surface area contributed by atoms with E-state index in [1.165, 1.54) is 28.0 Å². The smallest absolute Gasteiger partial charge is 0.278 e. The Hall–Kier alpha value is -3.41. The summed E-state index contributed by atoms with van der Waals surface area (Å²) < 4.78 is 18.3. The lowest BCUT2D eigenvalue weighted by atomic mass is 10.0. The van der Waals surface area contributed by atoms with Crippen molar-refractivity contribution in [2.75, 3.05) is 18.3 Å². The maximum Gasteiger partial charge on any atom is 0.278 e. The van der Waals surface area contributed by atoms with Crippen LogP contribution in [0, 0.1) is 0 Å². The molecule has 5 rings (SSSR count). The van der Waals surface area contributed by atoms with Crippen LogP contribution in [0.3, 0.4) is 0 Å². The van der Waals surface area contributed by atoms with Gasteiger partial charge in [-0.15, -0.1) is 23.1 Å². The van der Waals surface area contributed by atoms with Gasteiger partial charge in [-0.1, -0.05) is 17.8 Å². The van der Waals surface area contributed by atoms with Gasteiger partial charge in [0.1, 0.15) is 29.2 Å². The van der Waals surface area contributed by atoms with Crippen LogP contribution in [-0.4, -0.2) is 65.9 Å². The van der Waals surface area contributed by atoms with Crippen LogP contribution in [0.25, 0.3) is 16.8 Å². The first-order valence-electron chi connectivity index (χ1n) is 10.8. The molecular weight excluding hydrogens is 576 g/mol. The number of carbonyl (C=O) groups is 3. The Balaban J connectivity index is 1.38. The molecule has 17 heteroatoms. The van der Waals surface area contributed by atoms with E-state index in [-0.39, 0.29) is 16.7 Å². The van der Waals surface area contributed by atoms with Gasteiger partial charge in [0.2, 0.25) is 16.7 Å². The zero-order chi connectivity index (χ0) is 27.0. The third-order valence-corrected chi connectivity index (χ3v) is 8.50. The molecule has 2 atom stereocenters. The second-order valence-corrected chi connectivity index (χ2v) is 11.1. The minimum Gasteiger partial charge on any atom is -0.374 e. The van der Waals surface area contributed by atoms with Gasteiger partial charge in [0.25, 0.3) is 18.7 Å². The Morgan fingerprint density at radius 2 is 2.13 bits per heavy atom. The Bertz CT molecular complexity index is 1490. The van der Waals surface area contributed by atoms with E-state index in [4.69, 9.17) is 10.7 Å². The van der Waals surface area contributed by atoms with Crippen LogP contribution >= 0.6 is 47.3 Å². The Labute approximate surface area is 232 Å². The number of thioether (sulfide) groups is 1. The molecule has 2 amide bonds. The van der Waals surface area contributed by atoms with E-state index in [1.54, 1.807) is 0 Å². The molecular formula is C21H18FN8O4S4+. The number of hydrogen-bond donors (Lipinski definition) is 3. The van der Waals surface area contributed by atoms with Gasteiger partial charge in [-0.3, -0.25) is 19.3 Å². The Morgan fingerprint density at radius 1 is 1.37 bits per heavy atom. The fourth-order valence-electron chi connectivity index (χ4n) is 3.81. The number of nitrogen functional groups attached to an aromatic ring is 1. The summed E-state index contributed by atoms with van der Waals surface area (Å²) in [5, 5.41) is 7.37. The summed E-state index contributed by atoms with van der Waals surface area (Å²) in [5.74, 6) is -1.19. The van der Waals surface area contributed by atoms with Gasteiger partial charge in [0, 0.05) is 45.9 Å². The normalized spacial score (nSPS) is 19.2. The van der Waals surface area contributed by atoms with Gasteiger partial charge >= 0.3 is 0 Å². The van der Waals surface area contributed by atoms with Gasteiger partial charge in [-0.25, -0.2) is 13.9 Å². The molecule has 0 aliphatic carbocycles. The van der Waals surface area contributed by atoms with Gasteiger partial charge in [-0.2, -0.15) is 9.36 Å². The SMILES string of the molecule is C[n+]1ccc(-c2csc(C3=C(C(=O)S)N4C(=O)[C@@H](NC(=O)/C(=N\OCF)c5nsc(N)n5)[C@H]4SC3)n2)cc1. The number of nitrogens with two attached hydrogens (primary N) is 1. The highest BCUT2D eigenvalue weighted by molar-refractivity contribution is 8.00. The molecule has 3 aromatic rings. The van der Waals surface area contributed by atoms with Crippen LogP contribution in [0.2, 0.25) is 0 Å². The number of aromatic nitrogens is 4. The van der Waals surface area contributed by atoms with E-state index in [2.05, 4.69) is 37.3 Å². The molecule has 0 saturated carbocycles. The zero-order valence-electron chi connectivity index (χ0n) is 19.4. The summed E-state index contributed by atoms with van der Waals surface area (Å²) in [6.45, 7) is -1.28. The fourth-order valence-corrected chi connectivity index (χ4v) is 6.80. The van der Waals surface area contributed by atoms with Crippen molar-refractivity contribution in [1.82, 2.24) is 24.6 Å². The minimum atomic E-state index is -1.28. The summed E-state index contributed by atoms with van der Waals surface area (Å²) in [7, 11) is 1.92. The molecule has 0 bridgehead atoms. The van der Waals surface area contributed by atoms with Crippen molar-refractivity contribution in [3.8, 4) is 11.3 Å². The summed E-state index contributed by atoms with van der Waals surface area (Å²) in [5.41, 5.74) is 7.50. The number of fused-ring (bicyclic) bond motifs is 1. The number of alkyl halides is 1. The summed E-state index contributed by atoms with van der Waals surface area (Å²) >= 11 is 7.55. The number of amides is 2. The highest BCUT2D eigenvalue weighted by Gasteiger charge is 2.54. The van der Waals surface area contributed by atoms with Crippen molar-refractivity contribution in [3.05, 3.63) is 46.4 Å². The Kier molecular flexibility index (Phi) is 7.42. The molecule has 0 unspecified atom stereocenters. The molecule has 12 nitrogen and oxygen atoms in total. The maximum absolute atomic E-state index is 13.1. The van der Waals surface area contributed by atoms with Gasteiger partial charge in [-0.05, 0) is 0 Å². The van der Waals surface area contributed by atoms with E-state index in [0.29, 0.717) is 16.3 Å². The summed E-state index contributed by atoms with van der Waals surface area (Å²) in [4.78, 5) is 52.8. The van der Waals surface area contributed by atoms with E-state index in [1.807, 2.05) is 41.5 Å². The van der Waals surface area contributed by atoms with E-state index < -0.39 is 40.9 Å². The van der Waals surface area contributed by atoms with E-state index in [0.717, 1.165) is 22.8 Å². The number of oxime groups is 1. The van der Waals surface area contributed by atoms with Crippen molar-refractivity contribution in [1.29, 1.82) is 0 Å². The average molecular weight is 594 g/mol. The number of anilines is 1. The zero-order valence-corrected chi connectivity index (χ0v) is 22.7. The summed E-state index contributed by atoms with van der Waals surface area (Å²) in [6, 6.07) is 2.88. The fraction of sp³-hybridized carbons (Fsp3) is 0.238. The number of β-lactam (4-membered cyclic amide) rings is 1. The summed E-state index contributed by atoms with van der Waals surface area (Å²) in [6.07, 6.45) is 3.81. The maximum atomic E-state index is 13.1. The van der Waals surface area contributed by atoms with Crippen LogP contribution < -0.4 is 15.6 Å². The van der Waals surface area contributed by atoms with Crippen molar-refractivity contribution >= 4 is 80.6 Å². The van der Waals surface area contributed by atoms with Crippen LogP contribution in [0.5, 0.6) is 0 Å². The number of hydrogen-bond acceptors (Lipinski definition) is 12. The number of pyridine rings is 1. The predicted molar refractivity (Wildman–Crippen MR) is 143 cm³/mol. The van der Waals surface area contributed by atoms with E-state index in [9.17, 15) is 18.8 Å². The lowest BCUT2D eigenvalue weighted by Crippen LogP contribution is -2.70. The number of carbonyl (C=O) groups excluding carboxylic acids is 3. The molecule has 0 radical (unpaired) electrons. The van der Waals surface area contributed by atoms with Crippen LogP contribution in [-0.2, 0) is 26.3 Å². The number of halogens is 1. The van der Waals surface area contributed by atoms with Gasteiger partial charge in [0.05, 0.1) is 5.69 Å². The number of nitrogens with zero attached hydrogens (tertiary/aromatic N) is 6. The van der Waals surface area contributed by atoms with Crippen molar-refractivity contribution < 1.29 is 28.2 Å². The first-order valence-corrected chi connectivity index (χ1v) is 13.9. The second kappa shape index (κ2) is 10.8. The van der Waals surface area contributed by atoms with E-state index >= 15 is 0 Å². The monoisotopic (exact) mass is 593 g/mol. The van der Waals surface area contributed by atoms with Gasteiger partial charge < -0.3 is 15.9 Å². The van der Waals surface area contributed by atoms with Crippen molar-refractivity contribution in [2.45, 2.75) is 11.4 Å². The third-order valence-electron chi connectivity index (χ3n) is 5.57. The molecule has 196 valence electrons. The molecule has 3 aromatic heterocycles. The van der Waals surface area contributed by atoms with Crippen LogP contribution in [0.4, 0.5) is 9.52 Å². The lowest BCUT2D eigenvalue weighted by molar-refractivity contribution is -0.671. The second-order valence-electron chi connectivity index (χ2n) is 7.92. The molecule has 38 heavy (non-hydrogen) atoms. The molecule has 0 spiro atoms. The van der Waals surface area contributed by atoms with Crippen LogP contribution in [0.15, 0.2) is 40.8 Å². The van der Waals surface area contributed by atoms with Gasteiger partial charge in [0.15, 0.2) is 17.5 Å². The van der Waals surface area contributed by atoms with Crippen molar-refractivity contribution in [2.24, 2.45) is 12.2 Å². The first-order chi connectivity index (χ1) is 18.3. The number of rotatable bonds is 8.